The van der Waals surface area contributed by atoms with Gasteiger partial charge in [-0.2, -0.15) is 5.10 Å². The van der Waals surface area contributed by atoms with Gasteiger partial charge in [0.25, 0.3) is 5.60 Å². The summed E-state index contributed by atoms with van der Waals surface area (Å²) in [6.45, 7) is 4.74. The van der Waals surface area contributed by atoms with E-state index in [2.05, 4.69) is 10.1 Å². The average molecular weight is 508 g/mol. The van der Waals surface area contributed by atoms with Crippen LogP contribution < -0.4 is 4.74 Å². The normalized spacial score (nSPS) is 13.0. The summed E-state index contributed by atoms with van der Waals surface area (Å²) in [6.07, 6.45) is 1.55. The molecule has 0 saturated carbocycles. The lowest BCUT2D eigenvalue weighted by Gasteiger charge is -2.32. The smallest absolute Gasteiger partial charge is 0.466 e. The number of halogens is 2. The molecule has 0 aliphatic carbocycles. The maximum atomic E-state index is 13.1. The Hall–Kier alpha value is -3.30. The van der Waals surface area contributed by atoms with Crippen LogP contribution in [-0.2, 0) is 31.2 Å². The third-order valence-corrected chi connectivity index (χ3v) is 5.00. The van der Waals surface area contributed by atoms with Crippen LogP contribution in [0.5, 0.6) is 11.5 Å². The van der Waals surface area contributed by atoms with Crippen LogP contribution in [0.3, 0.4) is 0 Å². The third kappa shape index (κ3) is 6.18. The zero-order valence-electron chi connectivity index (χ0n) is 19.0. The fourth-order valence-corrected chi connectivity index (χ4v) is 3.48. The first-order valence-corrected chi connectivity index (χ1v) is 10.8. The van der Waals surface area contributed by atoms with Gasteiger partial charge in [0, 0.05) is 10.6 Å². The van der Waals surface area contributed by atoms with Crippen molar-refractivity contribution in [2.45, 2.75) is 38.5 Å². The van der Waals surface area contributed by atoms with Crippen LogP contribution in [0.2, 0.25) is 10.0 Å². The van der Waals surface area contributed by atoms with Crippen LogP contribution in [-0.4, -0.2) is 39.6 Å². The number of benzene rings is 2. The van der Waals surface area contributed by atoms with Gasteiger partial charge in [-0.05, 0) is 63.2 Å². The molecule has 0 amide bonds. The number of ether oxygens (including phenoxy) is 4. The summed E-state index contributed by atoms with van der Waals surface area (Å²) in [5, 5.41) is 4.67. The maximum Gasteiger partial charge on any atom is 0.510 e. The minimum atomic E-state index is -2.03. The standard InChI is InChI=1S/C23H23Cl2N3O6/c1-22(2,3)33-21(30)34-23(20(29)31-4,12-28-14-26-13-27-28)18-10-9-17(11-19(18)25)32-16-7-5-15(24)6-8-16/h5-11,13-14H,12H2,1-4H3. The zero-order chi connectivity index (χ0) is 24.9. The number of carbonyl (C=O) groups is 2. The minimum absolute atomic E-state index is 0.0838. The Labute approximate surface area is 206 Å². The lowest BCUT2D eigenvalue weighted by Crippen LogP contribution is -2.46. The van der Waals surface area contributed by atoms with Gasteiger partial charge in [0.15, 0.2) is 0 Å². The first-order valence-electron chi connectivity index (χ1n) is 10.1. The highest BCUT2D eigenvalue weighted by molar-refractivity contribution is 6.32. The molecule has 11 heteroatoms. The molecule has 3 aromatic rings. The summed E-state index contributed by atoms with van der Waals surface area (Å²) in [6, 6.07) is 11.3. The molecule has 0 fully saturated rings. The molecule has 0 N–H and O–H groups in total. The van der Waals surface area contributed by atoms with E-state index in [4.69, 9.17) is 42.1 Å². The quantitative estimate of drug-likeness (QED) is 0.391. The number of nitrogens with zero attached hydrogens (tertiary/aromatic N) is 3. The molecule has 3 rings (SSSR count). The van der Waals surface area contributed by atoms with Crippen molar-refractivity contribution in [2.75, 3.05) is 7.11 Å². The van der Waals surface area contributed by atoms with Crippen LogP contribution in [0, 0.1) is 0 Å². The first-order chi connectivity index (χ1) is 16.0. The summed E-state index contributed by atoms with van der Waals surface area (Å²) in [5.74, 6) is 0.0232. The highest BCUT2D eigenvalue weighted by atomic mass is 35.5. The van der Waals surface area contributed by atoms with E-state index >= 15 is 0 Å². The van der Waals surface area contributed by atoms with Gasteiger partial charge in [-0.3, -0.25) is 0 Å². The van der Waals surface area contributed by atoms with Gasteiger partial charge >= 0.3 is 12.1 Å². The van der Waals surface area contributed by atoms with E-state index in [1.807, 2.05) is 0 Å². The molecule has 1 aromatic heterocycles. The van der Waals surface area contributed by atoms with E-state index in [0.29, 0.717) is 16.5 Å². The molecule has 34 heavy (non-hydrogen) atoms. The summed E-state index contributed by atoms with van der Waals surface area (Å²) >= 11 is 12.5. The summed E-state index contributed by atoms with van der Waals surface area (Å²) < 4.78 is 23.0. The SMILES string of the molecule is COC(=O)C(Cn1cncn1)(OC(=O)OC(C)(C)C)c1ccc(Oc2ccc(Cl)cc2)cc1Cl. The van der Waals surface area contributed by atoms with E-state index < -0.39 is 23.3 Å². The molecule has 0 aliphatic heterocycles. The second-order valence-corrected chi connectivity index (χ2v) is 9.02. The van der Waals surface area contributed by atoms with Gasteiger partial charge in [-0.1, -0.05) is 23.2 Å². The van der Waals surface area contributed by atoms with Crippen LogP contribution >= 0.6 is 23.2 Å². The second kappa shape index (κ2) is 10.3. The van der Waals surface area contributed by atoms with Crippen molar-refractivity contribution in [1.29, 1.82) is 0 Å². The van der Waals surface area contributed by atoms with Crippen molar-refractivity contribution in [3.8, 4) is 11.5 Å². The van der Waals surface area contributed by atoms with Crippen molar-refractivity contribution in [3.05, 3.63) is 70.7 Å². The van der Waals surface area contributed by atoms with Crippen molar-refractivity contribution in [2.24, 2.45) is 0 Å². The fraction of sp³-hybridized carbons (Fsp3) is 0.304. The lowest BCUT2D eigenvalue weighted by atomic mass is 9.93. The highest BCUT2D eigenvalue weighted by Gasteiger charge is 2.49. The third-order valence-electron chi connectivity index (χ3n) is 4.44. The van der Waals surface area contributed by atoms with Crippen LogP contribution in [0.4, 0.5) is 4.79 Å². The molecule has 1 atom stereocenters. The van der Waals surface area contributed by atoms with Crippen molar-refractivity contribution < 1.29 is 28.5 Å². The van der Waals surface area contributed by atoms with Gasteiger partial charge in [-0.15, -0.1) is 0 Å². The first kappa shape index (κ1) is 25.3. The molecule has 0 saturated heterocycles. The second-order valence-electron chi connectivity index (χ2n) is 8.18. The molecule has 1 heterocycles. The molecule has 1 unspecified atom stereocenters. The molecular weight excluding hydrogens is 485 g/mol. The average Bonchev–Trinajstić information content (AvgIpc) is 3.26. The summed E-state index contributed by atoms with van der Waals surface area (Å²) in [7, 11) is 1.17. The van der Waals surface area contributed by atoms with Crippen molar-refractivity contribution >= 4 is 35.3 Å². The Bertz CT molecular complexity index is 1150. The van der Waals surface area contributed by atoms with E-state index in [1.54, 1.807) is 51.1 Å². The number of aromatic nitrogens is 3. The van der Waals surface area contributed by atoms with E-state index in [1.165, 1.54) is 36.6 Å². The Balaban J connectivity index is 2.03. The van der Waals surface area contributed by atoms with Gasteiger partial charge < -0.3 is 18.9 Å². The fourth-order valence-electron chi connectivity index (χ4n) is 3.03. The van der Waals surface area contributed by atoms with Crippen molar-refractivity contribution in [3.63, 3.8) is 0 Å². The zero-order valence-corrected chi connectivity index (χ0v) is 20.5. The number of esters is 1. The molecule has 180 valence electrons. The number of hydrogen-bond acceptors (Lipinski definition) is 8. The number of hydrogen-bond donors (Lipinski definition) is 0. The monoisotopic (exact) mass is 507 g/mol. The molecule has 0 aliphatic rings. The van der Waals surface area contributed by atoms with E-state index in [9.17, 15) is 9.59 Å². The Morgan fingerprint density at radius 3 is 2.24 bits per heavy atom. The van der Waals surface area contributed by atoms with Gasteiger partial charge in [-0.25, -0.2) is 19.3 Å². The molecular formula is C23H23Cl2N3O6. The van der Waals surface area contributed by atoms with E-state index in [-0.39, 0.29) is 17.1 Å². The predicted molar refractivity (Wildman–Crippen MR) is 124 cm³/mol. The van der Waals surface area contributed by atoms with Crippen LogP contribution in [0.25, 0.3) is 0 Å². The lowest BCUT2D eigenvalue weighted by molar-refractivity contribution is -0.171. The summed E-state index contributed by atoms with van der Waals surface area (Å²) in [4.78, 5) is 29.6. The van der Waals surface area contributed by atoms with Crippen LogP contribution in [0.15, 0.2) is 55.1 Å². The topological polar surface area (TPSA) is 102 Å². The minimum Gasteiger partial charge on any atom is -0.466 e. The van der Waals surface area contributed by atoms with Crippen LogP contribution in [0.1, 0.15) is 26.3 Å². The highest BCUT2D eigenvalue weighted by Crippen LogP contribution is 2.38. The molecule has 0 bridgehead atoms. The van der Waals surface area contributed by atoms with Gasteiger partial charge in [0.05, 0.1) is 18.7 Å². The van der Waals surface area contributed by atoms with Crippen molar-refractivity contribution in [1.82, 2.24) is 14.8 Å². The number of carbonyl (C=O) groups excluding carboxylic acids is 2. The predicted octanol–water partition coefficient (Wildman–Crippen LogP) is 5.40. The van der Waals surface area contributed by atoms with Gasteiger partial charge in [0.1, 0.15) is 29.8 Å². The maximum absolute atomic E-state index is 13.1. The molecule has 0 radical (unpaired) electrons. The Morgan fingerprint density at radius 1 is 1.00 bits per heavy atom. The molecule has 0 spiro atoms. The Morgan fingerprint density at radius 2 is 1.68 bits per heavy atom. The van der Waals surface area contributed by atoms with E-state index in [0.717, 1.165) is 0 Å². The summed E-state index contributed by atoms with van der Waals surface area (Å²) in [5.41, 5.74) is -2.75. The number of rotatable bonds is 7. The Kier molecular flexibility index (Phi) is 7.68. The molecule has 9 nitrogen and oxygen atoms in total. The van der Waals surface area contributed by atoms with Gasteiger partial charge in [0.2, 0.25) is 0 Å². The molecule has 2 aromatic carbocycles. The number of methoxy groups -OCH3 is 1. The largest absolute Gasteiger partial charge is 0.510 e.